The molecule has 2 heterocycles. The molecular weight excluding hydrogens is 494 g/mol. The van der Waals surface area contributed by atoms with Crippen LogP contribution in [-0.2, 0) is 15.4 Å². The number of carboxylic acid groups (broad SMARTS) is 1. The largest absolute Gasteiger partial charge is 0.465 e. The molecule has 2 aromatic heterocycles. The molecule has 0 fully saturated rings. The van der Waals surface area contributed by atoms with Gasteiger partial charge in [0.2, 0.25) is 16.0 Å². The van der Waals surface area contributed by atoms with Crippen molar-refractivity contribution in [2.45, 2.75) is 39.2 Å². The lowest BCUT2D eigenvalue weighted by atomic mass is 9.96. The number of nitrogens with one attached hydrogen (secondary N) is 4. The number of halogens is 1. The van der Waals surface area contributed by atoms with Gasteiger partial charge < -0.3 is 20.7 Å². The number of hydrogen-bond acceptors (Lipinski definition) is 7. The van der Waals surface area contributed by atoms with E-state index in [1.165, 1.54) is 6.07 Å². The topological polar surface area (TPSA) is 162 Å². The molecule has 35 heavy (non-hydrogen) atoms. The third-order valence-electron chi connectivity index (χ3n) is 4.74. The number of sulfonamides is 1. The lowest BCUT2D eigenvalue weighted by Crippen LogP contribution is -2.36. The number of aromatic amines is 1. The maximum Gasteiger partial charge on any atom is 0.404 e. The molecule has 0 radical (unpaired) electrons. The number of aromatic nitrogens is 4. The minimum absolute atomic E-state index is 0.285. The van der Waals surface area contributed by atoms with E-state index in [0.29, 0.717) is 45.1 Å². The van der Waals surface area contributed by atoms with E-state index in [2.05, 4.69) is 30.3 Å². The molecule has 3 aromatic rings. The van der Waals surface area contributed by atoms with Gasteiger partial charge in [-0.3, -0.25) is 4.72 Å². The summed E-state index contributed by atoms with van der Waals surface area (Å²) in [6.45, 7) is 8.04. The number of H-pyrrole nitrogens is 1. The molecule has 0 spiro atoms. The quantitative estimate of drug-likeness (QED) is 0.298. The van der Waals surface area contributed by atoms with Crippen LogP contribution >= 0.6 is 11.6 Å². The fourth-order valence-electron chi connectivity index (χ4n) is 3.21. The number of benzene rings is 1. The van der Waals surface area contributed by atoms with Crippen LogP contribution in [0.4, 0.5) is 16.4 Å². The van der Waals surface area contributed by atoms with Crippen LogP contribution in [0, 0.1) is 0 Å². The summed E-state index contributed by atoms with van der Waals surface area (Å²) in [5.74, 6) is 1.01. The Kier molecular flexibility index (Phi) is 7.56. The van der Waals surface area contributed by atoms with Crippen molar-refractivity contribution in [3.63, 3.8) is 0 Å². The standard InChI is InChI=1S/C22H28ClN7O4S/c1-12(26-21(31)32)11-25-20-24-7-6-16(27-20)18-17(28-19(29-18)22(2,3)4)13-8-14(23)10-15(9-13)30-35(5,33)34/h6-10,12,26,30H,11H2,1-5H3,(H,28,29)(H,31,32)(H,24,25,27). The predicted octanol–water partition coefficient (Wildman–Crippen LogP) is 3.92. The molecule has 1 amide bonds. The van der Waals surface area contributed by atoms with Crippen LogP contribution < -0.4 is 15.4 Å². The number of hydrogen-bond donors (Lipinski definition) is 5. The maximum atomic E-state index is 11.8. The van der Waals surface area contributed by atoms with Crippen molar-refractivity contribution in [1.29, 1.82) is 0 Å². The van der Waals surface area contributed by atoms with Gasteiger partial charge in [-0.2, -0.15) is 0 Å². The Morgan fingerprint density at radius 1 is 1.23 bits per heavy atom. The third kappa shape index (κ3) is 7.30. The molecule has 1 unspecified atom stereocenters. The normalized spacial score (nSPS) is 12.7. The highest BCUT2D eigenvalue weighted by atomic mass is 35.5. The zero-order chi connectivity index (χ0) is 26.0. The molecule has 11 nitrogen and oxygen atoms in total. The summed E-state index contributed by atoms with van der Waals surface area (Å²) in [6, 6.07) is 6.22. The Morgan fingerprint density at radius 2 is 1.94 bits per heavy atom. The van der Waals surface area contributed by atoms with E-state index in [1.54, 1.807) is 31.3 Å². The predicted molar refractivity (Wildman–Crippen MR) is 136 cm³/mol. The molecule has 0 aliphatic carbocycles. The minimum atomic E-state index is -3.51. The summed E-state index contributed by atoms with van der Waals surface area (Å²) in [6.07, 6.45) is 1.53. The van der Waals surface area contributed by atoms with Gasteiger partial charge in [0.15, 0.2) is 0 Å². The average molecular weight is 522 g/mol. The van der Waals surface area contributed by atoms with E-state index >= 15 is 0 Å². The monoisotopic (exact) mass is 521 g/mol. The number of carbonyl (C=O) groups is 1. The molecule has 188 valence electrons. The smallest absolute Gasteiger partial charge is 0.404 e. The molecule has 5 N–H and O–H groups in total. The second kappa shape index (κ2) is 10.1. The number of anilines is 2. The van der Waals surface area contributed by atoms with Gasteiger partial charge in [0.25, 0.3) is 0 Å². The summed E-state index contributed by atoms with van der Waals surface area (Å²) in [5, 5.41) is 14.6. The summed E-state index contributed by atoms with van der Waals surface area (Å²) in [7, 11) is -3.51. The molecule has 1 atom stereocenters. The molecule has 0 aliphatic rings. The van der Waals surface area contributed by atoms with E-state index in [4.69, 9.17) is 21.7 Å². The average Bonchev–Trinajstić information content (AvgIpc) is 3.16. The first-order valence-electron chi connectivity index (χ1n) is 10.7. The molecule has 0 aliphatic heterocycles. The number of rotatable bonds is 8. The first-order chi connectivity index (χ1) is 16.2. The zero-order valence-corrected chi connectivity index (χ0v) is 21.5. The molecule has 0 saturated carbocycles. The van der Waals surface area contributed by atoms with E-state index < -0.39 is 16.1 Å². The van der Waals surface area contributed by atoms with Crippen molar-refractivity contribution in [3.8, 4) is 22.6 Å². The summed E-state index contributed by atoms with van der Waals surface area (Å²) < 4.78 is 26.0. The molecule has 1 aromatic carbocycles. The van der Waals surface area contributed by atoms with Crippen molar-refractivity contribution in [2.24, 2.45) is 0 Å². The van der Waals surface area contributed by atoms with Crippen LogP contribution in [0.3, 0.4) is 0 Å². The van der Waals surface area contributed by atoms with Crippen molar-refractivity contribution in [2.75, 3.05) is 22.8 Å². The molecule has 0 bridgehead atoms. The molecule has 0 saturated heterocycles. The van der Waals surface area contributed by atoms with E-state index in [0.717, 1.165) is 6.26 Å². The van der Waals surface area contributed by atoms with Gasteiger partial charge in [0.05, 0.1) is 29.0 Å². The van der Waals surface area contributed by atoms with Crippen LogP contribution in [0.5, 0.6) is 0 Å². The molecule has 3 rings (SSSR count). The minimum Gasteiger partial charge on any atom is -0.465 e. The summed E-state index contributed by atoms with van der Waals surface area (Å²) >= 11 is 6.30. The Balaban J connectivity index is 2.05. The van der Waals surface area contributed by atoms with Gasteiger partial charge in [0.1, 0.15) is 5.82 Å². The highest BCUT2D eigenvalue weighted by molar-refractivity contribution is 7.92. The van der Waals surface area contributed by atoms with Gasteiger partial charge in [-0.15, -0.1) is 0 Å². The Hall–Kier alpha value is -3.38. The van der Waals surface area contributed by atoms with Gasteiger partial charge in [-0.05, 0) is 31.2 Å². The van der Waals surface area contributed by atoms with E-state index in [-0.39, 0.29) is 18.0 Å². The second-order valence-electron chi connectivity index (χ2n) is 9.16. The fraction of sp³-hybridized carbons (Fsp3) is 0.364. The van der Waals surface area contributed by atoms with Crippen LogP contribution in [-0.4, -0.2) is 58.4 Å². The van der Waals surface area contributed by atoms with Crippen molar-refractivity contribution >= 4 is 39.4 Å². The van der Waals surface area contributed by atoms with Gasteiger partial charge in [0, 0.05) is 34.8 Å². The van der Waals surface area contributed by atoms with E-state index in [9.17, 15) is 13.2 Å². The third-order valence-corrected chi connectivity index (χ3v) is 5.56. The summed E-state index contributed by atoms with van der Waals surface area (Å²) in [4.78, 5) is 27.7. The number of imidazole rings is 1. The van der Waals surface area contributed by atoms with Gasteiger partial charge >= 0.3 is 6.09 Å². The van der Waals surface area contributed by atoms with Crippen LogP contribution in [0.25, 0.3) is 22.6 Å². The SMILES string of the molecule is CC(CNc1nccc(-c2[nH]c(C(C)(C)C)nc2-c2cc(Cl)cc(NS(C)(=O)=O)c2)n1)NC(=O)O. The first-order valence-corrected chi connectivity index (χ1v) is 12.9. The van der Waals surface area contributed by atoms with Gasteiger partial charge in [-0.1, -0.05) is 32.4 Å². The fourth-order valence-corrected chi connectivity index (χ4v) is 3.99. The highest BCUT2D eigenvalue weighted by Crippen LogP contribution is 2.35. The Morgan fingerprint density at radius 3 is 2.57 bits per heavy atom. The lowest BCUT2D eigenvalue weighted by Gasteiger charge is -2.14. The lowest BCUT2D eigenvalue weighted by molar-refractivity contribution is 0.191. The Labute approximate surface area is 208 Å². The zero-order valence-electron chi connectivity index (χ0n) is 20.0. The highest BCUT2D eigenvalue weighted by Gasteiger charge is 2.24. The Bertz CT molecular complexity index is 1340. The van der Waals surface area contributed by atoms with Gasteiger partial charge in [-0.25, -0.2) is 28.2 Å². The van der Waals surface area contributed by atoms with E-state index in [1.807, 2.05) is 20.8 Å². The number of nitrogens with zero attached hydrogens (tertiary/aromatic N) is 3. The van der Waals surface area contributed by atoms with Crippen LogP contribution in [0.1, 0.15) is 33.5 Å². The van der Waals surface area contributed by atoms with Crippen molar-refractivity contribution in [1.82, 2.24) is 25.3 Å². The van der Waals surface area contributed by atoms with Crippen molar-refractivity contribution in [3.05, 3.63) is 41.3 Å². The second-order valence-corrected chi connectivity index (χ2v) is 11.3. The van der Waals surface area contributed by atoms with Crippen molar-refractivity contribution < 1.29 is 18.3 Å². The first kappa shape index (κ1) is 26.2. The van der Waals surface area contributed by atoms with Crippen LogP contribution in [0.15, 0.2) is 30.5 Å². The maximum absolute atomic E-state index is 11.8. The molecule has 13 heteroatoms. The molecular formula is C22H28ClN7O4S. The number of amides is 1. The van der Waals surface area contributed by atoms with Crippen LogP contribution in [0.2, 0.25) is 5.02 Å². The summed E-state index contributed by atoms with van der Waals surface area (Å²) in [5.41, 5.74) is 2.27.